The third-order valence-corrected chi connectivity index (χ3v) is 2.38. The van der Waals surface area contributed by atoms with Crippen LogP contribution in [-0.4, -0.2) is 22.6 Å². The summed E-state index contributed by atoms with van der Waals surface area (Å²) in [7, 11) is 0. The van der Waals surface area contributed by atoms with Crippen molar-refractivity contribution < 1.29 is 19.1 Å². The van der Waals surface area contributed by atoms with Gasteiger partial charge in [-0.3, -0.25) is 14.9 Å². The van der Waals surface area contributed by atoms with Gasteiger partial charge in [-0.05, 0) is 27.2 Å². The molecule has 7 nitrogen and oxygen atoms in total. The molecule has 0 atom stereocenters. The van der Waals surface area contributed by atoms with Gasteiger partial charge in [0.05, 0.1) is 0 Å². The number of esters is 1. The van der Waals surface area contributed by atoms with Crippen LogP contribution < -0.4 is 15.6 Å². The van der Waals surface area contributed by atoms with Crippen LogP contribution in [-0.2, 0) is 16.0 Å². The Balaban J connectivity index is 3.18. The van der Waals surface area contributed by atoms with Crippen molar-refractivity contribution in [2.24, 2.45) is 0 Å². The number of H-pyrrole nitrogens is 1. The average Bonchev–Trinajstić information content (AvgIpc) is 2.31. The van der Waals surface area contributed by atoms with Gasteiger partial charge in [0, 0.05) is 18.7 Å². The van der Waals surface area contributed by atoms with E-state index in [1.54, 1.807) is 20.8 Å². The fourth-order valence-corrected chi connectivity index (χ4v) is 1.60. The number of ether oxygens (including phenoxy) is 2. The maximum Gasteiger partial charge on any atom is 0.412 e. The van der Waals surface area contributed by atoms with E-state index in [0.717, 1.165) is 0 Å². The van der Waals surface area contributed by atoms with Gasteiger partial charge in [0.25, 0.3) is 5.56 Å². The molecule has 116 valence electrons. The predicted octanol–water partition coefficient (Wildman–Crippen LogP) is 2.21. The van der Waals surface area contributed by atoms with Crippen LogP contribution in [0.2, 0.25) is 0 Å². The van der Waals surface area contributed by atoms with Crippen LogP contribution in [0.4, 0.5) is 10.5 Å². The first-order valence-corrected chi connectivity index (χ1v) is 6.57. The highest BCUT2D eigenvalue weighted by Gasteiger charge is 2.21. The Bertz CT molecular complexity index is 598. The van der Waals surface area contributed by atoms with Crippen LogP contribution in [0.5, 0.6) is 5.75 Å². The third kappa shape index (κ3) is 4.94. The summed E-state index contributed by atoms with van der Waals surface area (Å²) in [5, 5.41) is 2.33. The van der Waals surface area contributed by atoms with Crippen molar-refractivity contribution in [1.29, 1.82) is 0 Å². The molecule has 0 radical (unpaired) electrons. The zero-order valence-corrected chi connectivity index (χ0v) is 12.8. The van der Waals surface area contributed by atoms with E-state index >= 15 is 0 Å². The number of carbonyl (C=O) groups is 2. The molecule has 0 aliphatic heterocycles. The smallest absolute Gasteiger partial charge is 0.412 e. The van der Waals surface area contributed by atoms with Crippen LogP contribution >= 0.6 is 0 Å². The summed E-state index contributed by atoms with van der Waals surface area (Å²) in [5.41, 5.74) is -0.829. The normalized spacial score (nSPS) is 10.9. The van der Waals surface area contributed by atoms with Crippen LogP contribution in [0.1, 0.15) is 40.2 Å². The Kier molecular flexibility index (Phi) is 5.12. The van der Waals surface area contributed by atoms with Gasteiger partial charge in [0.1, 0.15) is 5.60 Å². The molecule has 0 aliphatic carbocycles. The van der Waals surface area contributed by atoms with Gasteiger partial charge in [-0.1, -0.05) is 6.92 Å². The number of amides is 1. The number of aromatic amines is 1. The summed E-state index contributed by atoms with van der Waals surface area (Å²) in [4.78, 5) is 37.3. The summed E-state index contributed by atoms with van der Waals surface area (Å²) < 4.78 is 10.1. The van der Waals surface area contributed by atoms with Gasteiger partial charge in [-0.15, -0.1) is 0 Å². The molecule has 0 aromatic carbocycles. The first-order chi connectivity index (χ1) is 9.64. The lowest BCUT2D eigenvalue weighted by atomic mass is 10.2. The highest BCUT2D eigenvalue weighted by molar-refractivity contribution is 5.88. The molecule has 2 N–H and O–H groups in total. The van der Waals surface area contributed by atoms with E-state index in [2.05, 4.69) is 10.3 Å². The number of pyridine rings is 1. The second-order valence-electron chi connectivity index (χ2n) is 5.42. The molecule has 1 aromatic rings. The van der Waals surface area contributed by atoms with Crippen molar-refractivity contribution in [2.45, 2.75) is 46.6 Å². The molecular weight excluding hydrogens is 276 g/mol. The quantitative estimate of drug-likeness (QED) is 0.833. The molecule has 1 rings (SSSR count). The Hall–Kier alpha value is -2.31. The van der Waals surface area contributed by atoms with Gasteiger partial charge in [-0.25, -0.2) is 4.79 Å². The molecule has 0 saturated carbocycles. The average molecular weight is 296 g/mol. The number of anilines is 1. The summed E-state index contributed by atoms with van der Waals surface area (Å²) in [6.45, 7) is 8.15. The largest absolute Gasteiger partial charge is 0.444 e. The Labute approximate surface area is 122 Å². The molecule has 1 heterocycles. The predicted molar refractivity (Wildman–Crippen MR) is 77.6 cm³/mol. The molecule has 7 heteroatoms. The molecule has 21 heavy (non-hydrogen) atoms. The zero-order valence-electron chi connectivity index (χ0n) is 12.8. The molecule has 0 saturated heterocycles. The van der Waals surface area contributed by atoms with Gasteiger partial charge in [0.2, 0.25) is 0 Å². The van der Waals surface area contributed by atoms with E-state index in [-0.39, 0.29) is 11.4 Å². The van der Waals surface area contributed by atoms with Crippen LogP contribution in [0, 0.1) is 0 Å². The van der Waals surface area contributed by atoms with Gasteiger partial charge in [-0.2, -0.15) is 0 Å². The number of rotatable bonds is 3. The Morgan fingerprint density at radius 1 is 1.33 bits per heavy atom. The topological polar surface area (TPSA) is 97.5 Å². The minimum Gasteiger partial charge on any atom is -0.444 e. The summed E-state index contributed by atoms with van der Waals surface area (Å²) in [6.07, 6.45) is 1.16. The fraction of sp³-hybridized carbons (Fsp3) is 0.500. The third-order valence-electron chi connectivity index (χ3n) is 2.38. The molecule has 1 amide bonds. The number of hydrogen-bond donors (Lipinski definition) is 2. The van der Waals surface area contributed by atoms with Crippen molar-refractivity contribution in [2.75, 3.05) is 5.32 Å². The molecule has 1 aromatic heterocycles. The van der Waals surface area contributed by atoms with Crippen LogP contribution in [0.25, 0.3) is 0 Å². The second-order valence-corrected chi connectivity index (χ2v) is 5.42. The van der Waals surface area contributed by atoms with Gasteiger partial charge < -0.3 is 14.5 Å². The van der Waals surface area contributed by atoms with E-state index in [9.17, 15) is 14.4 Å². The number of hydrogen-bond acceptors (Lipinski definition) is 5. The fourth-order valence-electron chi connectivity index (χ4n) is 1.60. The van der Waals surface area contributed by atoms with Crippen molar-refractivity contribution >= 4 is 17.7 Å². The molecular formula is C14H20N2O5. The second kappa shape index (κ2) is 6.43. The minimum atomic E-state index is -0.797. The van der Waals surface area contributed by atoms with Crippen molar-refractivity contribution in [1.82, 2.24) is 4.98 Å². The van der Waals surface area contributed by atoms with E-state index < -0.39 is 23.2 Å². The van der Waals surface area contributed by atoms with Gasteiger partial charge >= 0.3 is 12.1 Å². The minimum absolute atomic E-state index is 0.0413. The van der Waals surface area contributed by atoms with E-state index in [0.29, 0.717) is 12.0 Å². The van der Waals surface area contributed by atoms with Gasteiger partial charge in [0.15, 0.2) is 11.4 Å². The number of carbonyl (C=O) groups excluding carboxylic acids is 2. The molecule has 0 spiro atoms. The number of aromatic nitrogens is 1. The summed E-state index contributed by atoms with van der Waals surface area (Å²) >= 11 is 0. The maximum absolute atomic E-state index is 11.9. The van der Waals surface area contributed by atoms with Crippen LogP contribution in [0.3, 0.4) is 0 Å². The summed E-state index contributed by atoms with van der Waals surface area (Å²) in [5.74, 6) is -0.540. The van der Waals surface area contributed by atoms with Crippen LogP contribution in [0.15, 0.2) is 11.0 Å². The van der Waals surface area contributed by atoms with Crippen molar-refractivity contribution in [3.8, 4) is 5.75 Å². The standard InChI is InChI=1S/C14H20N2O5/c1-6-9-7-15-12(18)10(11(9)20-8(2)17)16-13(19)21-14(3,4)5/h7H,6H2,1-5H3,(H,15,18)(H,16,19). The van der Waals surface area contributed by atoms with E-state index in [4.69, 9.17) is 9.47 Å². The maximum atomic E-state index is 11.9. The monoisotopic (exact) mass is 296 g/mol. The first kappa shape index (κ1) is 16.7. The van der Waals surface area contributed by atoms with Crippen molar-refractivity contribution in [3.05, 3.63) is 22.1 Å². The highest BCUT2D eigenvalue weighted by atomic mass is 16.6. The summed E-state index contributed by atoms with van der Waals surface area (Å²) in [6, 6.07) is 0. The Morgan fingerprint density at radius 3 is 2.43 bits per heavy atom. The lowest BCUT2D eigenvalue weighted by molar-refractivity contribution is -0.131. The molecule has 0 unspecified atom stereocenters. The first-order valence-electron chi connectivity index (χ1n) is 6.57. The number of aryl methyl sites for hydroxylation is 1. The van der Waals surface area contributed by atoms with E-state index in [1.165, 1.54) is 13.1 Å². The molecule has 0 aliphatic rings. The molecule has 0 bridgehead atoms. The number of nitrogens with one attached hydrogen (secondary N) is 2. The van der Waals surface area contributed by atoms with Crippen molar-refractivity contribution in [3.63, 3.8) is 0 Å². The Morgan fingerprint density at radius 2 is 1.95 bits per heavy atom. The van der Waals surface area contributed by atoms with E-state index in [1.807, 2.05) is 6.92 Å². The SMILES string of the molecule is CCc1c[nH]c(=O)c(NC(=O)OC(C)(C)C)c1OC(C)=O. The molecule has 0 fully saturated rings. The lowest BCUT2D eigenvalue weighted by Crippen LogP contribution is -2.30. The zero-order chi connectivity index (χ0) is 16.2. The lowest BCUT2D eigenvalue weighted by Gasteiger charge is -2.20. The highest BCUT2D eigenvalue weighted by Crippen LogP contribution is 2.26.